The lowest BCUT2D eigenvalue weighted by Crippen LogP contribution is -2.11. The van der Waals surface area contributed by atoms with Gasteiger partial charge in [0.05, 0.1) is 20.5 Å². The van der Waals surface area contributed by atoms with Crippen LogP contribution in [-0.2, 0) is 10.0 Å². The van der Waals surface area contributed by atoms with E-state index < -0.39 is 10.0 Å². The van der Waals surface area contributed by atoms with Gasteiger partial charge in [0.1, 0.15) is 5.01 Å². The molecule has 0 bridgehead atoms. The highest BCUT2D eigenvalue weighted by molar-refractivity contribution is 9.10. The lowest BCUT2D eigenvalue weighted by atomic mass is 10.1. The van der Waals surface area contributed by atoms with Crippen molar-refractivity contribution in [1.29, 1.82) is 0 Å². The molecule has 0 aliphatic heterocycles. The van der Waals surface area contributed by atoms with Gasteiger partial charge >= 0.3 is 0 Å². The van der Waals surface area contributed by atoms with E-state index in [1.807, 2.05) is 48.5 Å². The number of hydrogen-bond acceptors (Lipinski definition) is 4. The fourth-order valence-electron chi connectivity index (χ4n) is 2.87. The van der Waals surface area contributed by atoms with Gasteiger partial charge in [0.15, 0.2) is 0 Å². The van der Waals surface area contributed by atoms with E-state index >= 15 is 0 Å². The molecule has 8 heteroatoms. The Morgan fingerprint density at radius 1 is 0.897 bits per heavy atom. The van der Waals surface area contributed by atoms with E-state index in [9.17, 15) is 8.42 Å². The summed E-state index contributed by atoms with van der Waals surface area (Å²) in [6.07, 6.45) is 0. The van der Waals surface area contributed by atoms with Crippen LogP contribution < -0.4 is 5.14 Å². The van der Waals surface area contributed by atoms with Crippen LogP contribution in [0.15, 0.2) is 82.2 Å². The molecule has 146 valence electrons. The van der Waals surface area contributed by atoms with Crippen molar-refractivity contribution in [1.82, 2.24) is 4.98 Å². The van der Waals surface area contributed by atoms with E-state index in [4.69, 9.17) is 21.7 Å². The van der Waals surface area contributed by atoms with Crippen molar-refractivity contribution in [3.63, 3.8) is 0 Å². The Labute approximate surface area is 186 Å². The fourth-order valence-corrected chi connectivity index (χ4v) is 5.06. The van der Waals surface area contributed by atoms with Crippen LogP contribution in [0.2, 0.25) is 5.02 Å². The topological polar surface area (TPSA) is 73.1 Å². The molecular weight excluding hydrogens is 492 g/mol. The van der Waals surface area contributed by atoms with E-state index in [2.05, 4.69) is 15.9 Å². The minimum atomic E-state index is -3.75. The Morgan fingerprint density at radius 2 is 1.52 bits per heavy atom. The average molecular weight is 506 g/mol. The molecule has 29 heavy (non-hydrogen) atoms. The van der Waals surface area contributed by atoms with E-state index in [-0.39, 0.29) is 4.90 Å². The Hall–Kier alpha value is -2.03. The molecule has 1 heterocycles. The molecule has 0 aliphatic rings. The molecule has 0 fully saturated rings. The van der Waals surface area contributed by atoms with E-state index in [1.54, 1.807) is 12.1 Å². The van der Waals surface area contributed by atoms with Crippen molar-refractivity contribution in [3.8, 4) is 32.3 Å². The van der Waals surface area contributed by atoms with Crippen molar-refractivity contribution < 1.29 is 8.42 Å². The van der Waals surface area contributed by atoms with Crippen molar-refractivity contribution >= 4 is 48.9 Å². The average Bonchev–Trinajstić information content (AvgIpc) is 3.13. The highest BCUT2D eigenvalue weighted by Crippen LogP contribution is 2.42. The van der Waals surface area contributed by atoms with Gasteiger partial charge in [-0.3, -0.25) is 0 Å². The Morgan fingerprint density at radius 3 is 2.14 bits per heavy atom. The summed E-state index contributed by atoms with van der Waals surface area (Å²) in [5.41, 5.74) is 3.41. The Bertz CT molecular complexity index is 1290. The SMILES string of the molecule is NS(=O)(=O)c1ccc(-c2nc(-c3ccccc3Cl)sc2-c2ccc(Br)cc2)cc1. The van der Waals surface area contributed by atoms with Gasteiger partial charge in [-0.15, -0.1) is 11.3 Å². The number of aromatic nitrogens is 1. The molecule has 2 N–H and O–H groups in total. The number of nitrogens with zero attached hydrogens (tertiary/aromatic N) is 1. The molecular formula is C21H14BrClN2O2S2. The number of primary sulfonamides is 1. The van der Waals surface area contributed by atoms with E-state index in [0.29, 0.717) is 5.02 Å². The maximum Gasteiger partial charge on any atom is 0.238 e. The summed E-state index contributed by atoms with van der Waals surface area (Å²) in [5, 5.41) is 6.63. The summed E-state index contributed by atoms with van der Waals surface area (Å²) < 4.78 is 24.1. The minimum absolute atomic E-state index is 0.0630. The highest BCUT2D eigenvalue weighted by atomic mass is 79.9. The second kappa shape index (κ2) is 8.01. The summed E-state index contributed by atoms with van der Waals surface area (Å²) in [5.74, 6) is 0. The molecule has 0 saturated heterocycles. The molecule has 3 aromatic carbocycles. The van der Waals surface area contributed by atoms with Crippen LogP contribution in [-0.4, -0.2) is 13.4 Å². The third kappa shape index (κ3) is 4.29. The lowest BCUT2D eigenvalue weighted by molar-refractivity contribution is 0.598. The summed E-state index contributed by atoms with van der Waals surface area (Å²) in [4.78, 5) is 5.88. The summed E-state index contributed by atoms with van der Waals surface area (Å²) in [7, 11) is -3.75. The molecule has 0 aliphatic carbocycles. The zero-order chi connectivity index (χ0) is 20.6. The van der Waals surface area contributed by atoms with Gasteiger partial charge in [-0.25, -0.2) is 18.5 Å². The van der Waals surface area contributed by atoms with Gasteiger partial charge in [0, 0.05) is 15.6 Å². The molecule has 0 atom stereocenters. The molecule has 1 aromatic heterocycles. The molecule has 0 unspecified atom stereocenters. The second-order valence-corrected chi connectivity index (χ2v) is 10.1. The Balaban J connectivity index is 1.89. The van der Waals surface area contributed by atoms with Gasteiger partial charge in [0.2, 0.25) is 10.0 Å². The predicted octanol–water partition coefficient (Wildman–Crippen LogP) is 6.21. The summed E-state index contributed by atoms with van der Waals surface area (Å²) >= 11 is 11.4. The van der Waals surface area contributed by atoms with Crippen LogP contribution in [0.3, 0.4) is 0 Å². The first kappa shape index (κ1) is 20.3. The van der Waals surface area contributed by atoms with Gasteiger partial charge in [-0.2, -0.15) is 0 Å². The molecule has 0 spiro atoms. The zero-order valence-corrected chi connectivity index (χ0v) is 18.8. The normalized spacial score (nSPS) is 11.6. The number of thiazole rings is 1. The maximum absolute atomic E-state index is 11.6. The maximum atomic E-state index is 11.6. The molecule has 4 aromatic rings. The van der Waals surface area contributed by atoms with Gasteiger partial charge in [-0.1, -0.05) is 70.0 Å². The number of hydrogen-bond donors (Lipinski definition) is 1. The van der Waals surface area contributed by atoms with Crippen LogP contribution >= 0.6 is 38.9 Å². The fraction of sp³-hybridized carbons (Fsp3) is 0. The standard InChI is InChI=1S/C21H14BrClN2O2S2/c22-15-9-5-14(6-10-15)20-19(13-7-11-16(12-8-13)29(24,26)27)25-21(28-20)17-3-1-2-4-18(17)23/h1-12H,(H2,24,26,27). The van der Waals surface area contributed by atoms with Crippen molar-refractivity contribution in [3.05, 3.63) is 82.3 Å². The smallest absolute Gasteiger partial charge is 0.235 e. The third-order valence-corrected chi connectivity index (χ3v) is 7.22. The molecule has 4 rings (SSSR count). The highest BCUT2D eigenvalue weighted by Gasteiger charge is 2.18. The van der Waals surface area contributed by atoms with E-state index in [0.717, 1.165) is 36.7 Å². The van der Waals surface area contributed by atoms with Crippen molar-refractivity contribution in [2.24, 2.45) is 5.14 Å². The van der Waals surface area contributed by atoms with Gasteiger partial charge in [-0.05, 0) is 35.9 Å². The third-order valence-electron chi connectivity index (χ3n) is 4.29. The first-order valence-electron chi connectivity index (χ1n) is 8.48. The second-order valence-electron chi connectivity index (χ2n) is 6.25. The largest absolute Gasteiger partial charge is 0.238 e. The molecule has 0 saturated carbocycles. The summed E-state index contributed by atoms with van der Waals surface area (Å²) in [6, 6.07) is 21.9. The number of benzene rings is 3. The quantitative estimate of drug-likeness (QED) is 0.358. The zero-order valence-electron chi connectivity index (χ0n) is 14.8. The van der Waals surface area contributed by atoms with Crippen LogP contribution in [0.25, 0.3) is 32.3 Å². The summed E-state index contributed by atoms with van der Waals surface area (Å²) in [6.45, 7) is 0. The van der Waals surface area contributed by atoms with E-state index in [1.165, 1.54) is 23.5 Å². The predicted molar refractivity (Wildman–Crippen MR) is 123 cm³/mol. The van der Waals surface area contributed by atoms with Gasteiger partial charge < -0.3 is 0 Å². The number of halogens is 2. The van der Waals surface area contributed by atoms with Crippen LogP contribution in [0.5, 0.6) is 0 Å². The van der Waals surface area contributed by atoms with Crippen LogP contribution in [0.4, 0.5) is 0 Å². The van der Waals surface area contributed by atoms with Gasteiger partial charge in [0.25, 0.3) is 0 Å². The van der Waals surface area contributed by atoms with Crippen molar-refractivity contribution in [2.45, 2.75) is 4.90 Å². The lowest BCUT2D eigenvalue weighted by Gasteiger charge is -2.04. The molecule has 4 nitrogen and oxygen atoms in total. The molecule has 0 radical (unpaired) electrons. The first-order valence-corrected chi connectivity index (χ1v) is 12.0. The number of nitrogens with two attached hydrogens (primary N) is 1. The number of sulfonamides is 1. The molecule has 0 amide bonds. The monoisotopic (exact) mass is 504 g/mol. The van der Waals surface area contributed by atoms with Crippen LogP contribution in [0.1, 0.15) is 0 Å². The minimum Gasteiger partial charge on any atom is -0.235 e. The first-order chi connectivity index (χ1) is 13.8. The van der Waals surface area contributed by atoms with Crippen LogP contribution in [0, 0.1) is 0 Å². The number of rotatable bonds is 4. The van der Waals surface area contributed by atoms with Crippen molar-refractivity contribution in [2.75, 3.05) is 0 Å². The Kier molecular flexibility index (Phi) is 5.59.